The first-order valence-corrected chi connectivity index (χ1v) is 11.7. The molecule has 4 rings (SSSR count). The van der Waals surface area contributed by atoms with Crippen LogP contribution in [-0.4, -0.2) is 17.9 Å². The lowest BCUT2D eigenvalue weighted by atomic mass is 9.70. The molecule has 0 spiro atoms. The van der Waals surface area contributed by atoms with Gasteiger partial charge in [0.2, 0.25) is 0 Å². The fraction of sp³-hybridized carbons (Fsp3) is 0.583. The molecule has 0 radical (unpaired) electrons. The van der Waals surface area contributed by atoms with Crippen molar-refractivity contribution in [2.75, 3.05) is 0 Å². The quantitative estimate of drug-likeness (QED) is 0.516. The van der Waals surface area contributed by atoms with Gasteiger partial charge in [-0.2, -0.15) is 0 Å². The third-order valence-electron chi connectivity index (χ3n) is 6.36. The first kappa shape index (κ1) is 20.4. The number of esters is 1. The molecule has 1 aliphatic heterocycles. The number of hydrogen-bond donors (Lipinski definition) is 1. The van der Waals surface area contributed by atoms with Crippen LogP contribution in [-0.2, 0) is 14.3 Å². The van der Waals surface area contributed by atoms with E-state index in [2.05, 4.69) is 19.2 Å². The summed E-state index contributed by atoms with van der Waals surface area (Å²) in [7, 11) is 0. The summed E-state index contributed by atoms with van der Waals surface area (Å²) in [6, 6.07) is 4.02. The van der Waals surface area contributed by atoms with Gasteiger partial charge in [0.05, 0.1) is 11.5 Å². The van der Waals surface area contributed by atoms with Crippen LogP contribution >= 0.6 is 11.3 Å². The number of nitrogens with one attached hydrogen (secondary N) is 1. The maximum Gasteiger partial charge on any atom is 0.337 e. The minimum atomic E-state index is -0.312. The Hall–Kier alpha value is -1.88. The zero-order valence-corrected chi connectivity index (χ0v) is 18.5. The van der Waals surface area contributed by atoms with E-state index >= 15 is 0 Å². The van der Waals surface area contributed by atoms with Crippen molar-refractivity contribution in [2.45, 2.75) is 84.2 Å². The monoisotopic (exact) mass is 413 g/mol. The summed E-state index contributed by atoms with van der Waals surface area (Å²) in [6.45, 7) is 6.21. The summed E-state index contributed by atoms with van der Waals surface area (Å²) >= 11 is 1.60. The van der Waals surface area contributed by atoms with E-state index in [1.54, 1.807) is 11.3 Å². The van der Waals surface area contributed by atoms with E-state index in [9.17, 15) is 9.59 Å². The van der Waals surface area contributed by atoms with E-state index in [0.717, 1.165) is 53.9 Å². The molecule has 2 heterocycles. The standard InChI is InChI=1S/C24H31NO3S/c1-15-20(23(27)28-16-9-6-4-5-7-10-16)22(19-11-8-12-29-19)21-17(25-15)13-24(2,3)14-18(21)26/h8,11-12,16,22,25H,4-7,9-10,13-14H2,1-3H3/t22-/m0/s1. The smallest absolute Gasteiger partial charge is 0.337 e. The van der Waals surface area contributed by atoms with Gasteiger partial charge in [0.1, 0.15) is 6.10 Å². The minimum Gasteiger partial charge on any atom is -0.459 e. The SMILES string of the molecule is CC1=C(C(=O)OC2CCCCCC2)[C@H](c2cccs2)C2=C(CC(C)(C)CC2=O)N1. The Kier molecular flexibility index (Phi) is 5.69. The molecule has 4 nitrogen and oxygen atoms in total. The highest BCUT2D eigenvalue weighted by molar-refractivity contribution is 7.10. The Morgan fingerprint density at radius 2 is 1.90 bits per heavy atom. The molecule has 1 saturated carbocycles. The second-order valence-electron chi connectivity index (χ2n) is 9.46. The van der Waals surface area contributed by atoms with Crippen molar-refractivity contribution in [3.63, 3.8) is 0 Å². The lowest BCUT2D eigenvalue weighted by Crippen LogP contribution is -2.39. The van der Waals surface area contributed by atoms with Crippen molar-refractivity contribution >= 4 is 23.1 Å². The van der Waals surface area contributed by atoms with Gasteiger partial charge in [0, 0.05) is 28.3 Å². The maximum atomic E-state index is 13.4. The zero-order valence-electron chi connectivity index (χ0n) is 17.7. The van der Waals surface area contributed by atoms with Gasteiger partial charge >= 0.3 is 5.97 Å². The summed E-state index contributed by atoms with van der Waals surface area (Å²) in [5.74, 6) is -0.424. The van der Waals surface area contributed by atoms with Crippen LogP contribution in [0.1, 0.15) is 82.9 Å². The molecule has 0 amide bonds. The number of carbonyl (C=O) groups excluding carboxylic acids is 2. The fourth-order valence-corrected chi connectivity index (χ4v) is 5.86. The summed E-state index contributed by atoms with van der Waals surface area (Å²) in [6.07, 6.45) is 7.87. The van der Waals surface area contributed by atoms with E-state index in [-0.39, 0.29) is 29.2 Å². The zero-order chi connectivity index (χ0) is 20.6. The number of rotatable bonds is 3. The minimum absolute atomic E-state index is 0.00865. The molecule has 5 heteroatoms. The highest BCUT2D eigenvalue weighted by Crippen LogP contribution is 2.47. The van der Waals surface area contributed by atoms with Crippen molar-refractivity contribution in [2.24, 2.45) is 5.41 Å². The van der Waals surface area contributed by atoms with Gasteiger partial charge in [0.15, 0.2) is 5.78 Å². The maximum absolute atomic E-state index is 13.4. The van der Waals surface area contributed by atoms with E-state index in [0.29, 0.717) is 12.0 Å². The molecule has 1 fully saturated rings. The van der Waals surface area contributed by atoms with Gasteiger partial charge in [0.25, 0.3) is 0 Å². The van der Waals surface area contributed by atoms with E-state index in [1.165, 1.54) is 12.8 Å². The lowest BCUT2D eigenvalue weighted by Gasteiger charge is -2.39. The van der Waals surface area contributed by atoms with Crippen LogP contribution in [0, 0.1) is 5.41 Å². The van der Waals surface area contributed by atoms with Gasteiger partial charge in [-0.15, -0.1) is 11.3 Å². The number of thiophene rings is 1. The summed E-state index contributed by atoms with van der Waals surface area (Å²) < 4.78 is 6.00. The van der Waals surface area contributed by atoms with Crippen LogP contribution in [0.15, 0.2) is 40.1 Å². The van der Waals surface area contributed by atoms with Gasteiger partial charge in [-0.1, -0.05) is 32.8 Å². The average molecular weight is 414 g/mol. The third-order valence-corrected chi connectivity index (χ3v) is 7.30. The first-order chi connectivity index (χ1) is 13.9. The van der Waals surface area contributed by atoms with Crippen LogP contribution in [0.3, 0.4) is 0 Å². The second-order valence-corrected chi connectivity index (χ2v) is 10.4. The predicted octanol–water partition coefficient (Wildman–Crippen LogP) is 5.62. The third kappa shape index (κ3) is 4.20. The van der Waals surface area contributed by atoms with Gasteiger partial charge in [-0.3, -0.25) is 4.79 Å². The van der Waals surface area contributed by atoms with E-state index in [4.69, 9.17) is 4.74 Å². The van der Waals surface area contributed by atoms with Crippen molar-refractivity contribution < 1.29 is 14.3 Å². The molecule has 0 aromatic carbocycles. The lowest BCUT2D eigenvalue weighted by molar-refractivity contribution is -0.145. The topological polar surface area (TPSA) is 55.4 Å². The molecule has 2 aliphatic carbocycles. The van der Waals surface area contributed by atoms with E-state index in [1.807, 2.05) is 24.4 Å². The normalized spacial score (nSPS) is 25.3. The molecular formula is C24H31NO3S. The second kappa shape index (κ2) is 8.10. The van der Waals surface area contributed by atoms with Crippen molar-refractivity contribution in [3.8, 4) is 0 Å². The van der Waals surface area contributed by atoms with Gasteiger partial charge in [-0.05, 0) is 55.9 Å². The molecule has 0 unspecified atom stereocenters. The summed E-state index contributed by atoms with van der Waals surface area (Å²) in [5, 5.41) is 5.43. The molecule has 1 aromatic heterocycles. The van der Waals surface area contributed by atoms with E-state index < -0.39 is 0 Å². The Balaban J connectivity index is 1.69. The number of carbonyl (C=O) groups is 2. The Morgan fingerprint density at radius 3 is 2.55 bits per heavy atom. The van der Waals surface area contributed by atoms with Gasteiger partial charge in [-0.25, -0.2) is 4.79 Å². The number of dihydropyridines is 1. The first-order valence-electron chi connectivity index (χ1n) is 10.8. The molecule has 0 saturated heterocycles. The van der Waals surface area contributed by atoms with Crippen LogP contribution in [0.25, 0.3) is 0 Å². The molecule has 156 valence electrons. The number of allylic oxidation sites excluding steroid dienone is 3. The molecule has 1 atom stereocenters. The largest absolute Gasteiger partial charge is 0.459 e. The van der Waals surface area contributed by atoms with Gasteiger partial charge < -0.3 is 10.1 Å². The highest BCUT2D eigenvalue weighted by atomic mass is 32.1. The number of hydrogen-bond acceptors (Lipinski definition) is 5. The molecule has 0 bridgehead atoms. The van der Waals surface area contributed by atoms with Crippen molar-refractivity contribution in [1.82, 2.24) is 5.32 Å². The summed E-state index contributed by atoms with van der Waals surface area (Å²) in [5.41, 5.74) is 3.12. The Bertz CT molecular complexity index is 855. The summed E-state index contributed by atoms with van der Waals surface area (Å²) in [4.78, 5) is 27.6. The van der Waals surface area contributed by atoms with Crippen LogP contribution in [0.5, 0.6) is 0 Å². The molecular weight excluding hydrogens is 382 g/mol. The van der Waals surface area contributed by atoms with Crippen molar-refractivity contribution in [1.29, 1.82) is 0 Å². The average Bonchev–Trinajstić information content (AvgIpc) is 3.04. The van der Waals surface area contributed by atoms with Crippen LogP contribution in [0.4, 0.5) is 0 Å². The van der Waals surface area contributed by atoms with Crippen LogP contribution < -0.4 is 5.32 Å². The number of ether oxygens (including phenoxy) is 1. The molecule has 3 aliphatic rings. The van der Waals surface area contributed by atoms with Crippen LogP contribution in [0.2, 0.25) is 0 Å². The predicted molar refractivity (Wildman–Crippen MR) is 116 cm³/mol. The Morgan fingerprint density at radius 1 is 1.17 bits per heavy atom. The molecule has 1 aromatic rings. The highest BCUT2D eigenvalue weighted by Gasteiger charge is 2.43. The number of Topliss-reactive ketones (excluding diaryl/α,β-unsaturated/α-hetero) is 1. The Labute approximate surface area is 177 Å². The fourth-order valence-electron chi connectivity index (χ4n) is 5.02. The number of ketones is 1. The van der Waals surface area contributed by atoms with Crippen molar-refractivity contribution in [3.05, 3.63) is 44.9 Å². The molecule has 29 heavy (non-hydrogen) atoms. The molecule has 1 N–H and O–H groups in total.